The molecular weight excluding hydrogens is 462 g/mol. The van der Waals surface area contributed by atoms with Crippen LogP contribution in [0.15, 0.2) is 47.4 Å². The number of methoxy groups -OCH3 is 2. The monoisotopic (exact) mass is 482 g/mol. The molecule has 2 rings (SSSR count). The van der Waals surface area contributed by atoms with Crippen LogP contribution in [-0.2, 0) is 28.9 Å². The molecule has 0 aliphatic heterocycles. The van der Waals surface area contributed by atoms with Gasteiger partial charge in [-0.05, 0) is 30.3 Å². The van der Waals surface area contributed by atoms with Gasteiger partial charge >= 0.3 is 11.9 Å². The van der Waals surface area contributed by atoms with Gasteiger partial charge in [0.15, 0.2) is 38.5 Å². The average Bonchev–Trinajstić information content (AvgIpc) is 2.78. The van der Waals surface area contributed by atoms with E-state index in [0.29, 0.717) is 12.1 Å². The first-order chi connectivity index (χ1) is 15.4. The van der Waals surface area contributed by atoms with E-state index in [1.165, 1.54) is 24.3 Å². The zero-order chi connectivity index (χ0) is 25.0. The molecule has 0 bridgehead atoms. The van der Waals surface area contributed by atoms with Crippen molar-refractivity contribution < 1.29 is 45.9 Å². The number of hydrogen-bond donors (Lipinski definition) is 0. The summed E-state index contributed by atoms with van der Waals surface area (Å²) < 4.78 is 59.3. The summed E-state index contributed by atoms with van der Waals surface area (Å²) >= 11 is 0. The molecule has 0 aliphatic carbocycles. The molecule has 0 aromatic heterocycles. The lowest BCUT2D eigenvalue weighted by molar-refractivity contribution is -0.168. The fourth-order valence-electron chi connectivity index (χ4n) is 3.14. The van der Waals surface area contributed by atoms with Crippen LogP contribution in [0.4, 0.5) is 8.78 Å². The second-order valence-electron chi connectivity index (χ2n) is 7.19. The van der Waals surface area contributed by atoms with E-state index in [0.717, 1.165) is 26.5 Å². The van der Waals surface area contributed by atoms with Gasteiger partial charge in [0.05, 0.1) is 19.1 Å². The first-order valence-corrected chi connectivity index (χ1v) is 11.2. The van der Waals surface area contributed by atoms with Gasteiger partial charge in [-0.15, -0.1) is 0 Å². The Morgan fingerprint density at radius 1 is 0.788 bits per heavy atom. The van der Waals surface area contributed by atoms with Crippen molar-refractivity contribution in [1.29, 1.82) is 0 Å². The van der Waals surface area contributed by atoms with Crippen molar-refractivity contribution in [3.05, 3.63) is 65.2 Å². The lowest BCUT2D eigenvalue weighted by Crippen LogP contribution is -2.44. The molecule has 0 unspecified atom stereocenters. The van der Waals surface area contributed by atoms with Gasteiger partial charge in [0.1, 0.15) is 0 Å². The molecule has 0 amide bonds. The van der Waals surface area contributed by atoms with Crippen molar-refractivity contribution in [3.63, 3.8) is 0 Å². The Morgan fingerprint density at radius 3 is 1.67 bits per heavy atom. The van der Waals surface area contributed by atoms with E-state index in [1.54, 1.807) is 0 Å². The van der Waals surface area contributed by atoms with Crippen molar-refractivity contribution in [2.24, 2.45) is 5.41 Å². The third-order valence-electron chi connectivity index (χ3n) is 4.92. The largest absolute Gasteiger partial charge is 0.468 e. The lowest BCUT2D eigenvalue weighted by atomic mass is 9.76. The summed E-state index contributed by atoms with van der Waals surface area (Å²) in [6, 6.07) is 6.99. The fraction of sp³-hybridized carbons (Fsp3) is 0.273. The minimum atomic E-state index is -3.53. The van der Waals surface area contributed by atoms with Gasteiger partial charge in [-0.3, -0.25) is 19.2 Å². The maximum absolute atomic E-state index is 13.6. The summed E-state index contributed by atoms with van der Waals surface area (Å²) in [4.78, 5) is 50.9. The van der Waals surface area contributed by atoms with E-state index in [-0.39, 0.29) is 16.0 Å². The summed E-state index contributed by atoms with van der Waals surface area (Å²) in [5.74, 6) is -6.73. The zero-order valence-electron chi connectivity index (χ0n) is 17.9. The zero-order valence-corrected chi connectivity index (χ0v) is 18.7. The normalized spacial score (nSPS) is 11.5. The second kappa shape index (κ2) is 9.99. The predicted molar refractivity (Wildman–Crippen MR) is 110 cm³/mol. The second-order valence-corrected chi connectivity index (χ2v) is 9.21. The van der Waals surface area contributed by atoms with Crippen LogP contribution < -0.4 is 0 Å². The maximum atomic E-state index is 13.6. The highest BCUT2D eigenvalue weighted by Crippen LogP contribution is 2.34. The molecule has 2 aromatic rings. The molecule has 176 valence electrons. The average molecular weight is 482 g/mol. The number of carbonyl (C=O) groups is 4. The molecule has 0 spiro atoms. The number of halogens is 2. The summed E-state index contributed by atoms with van der Waals surface area (Å²) in [6.45, 7) is 0. The Kier molecular flexibility index (Phi) is 7.80. The van der Waals surface area contributed by atoms with Crippen molar-refractivity contribution in [2.75, 3.05) is 20.5 Å². The highest BCUT2D eigenvalue weighted by Gasteiger charge is 2.51. The van der Waals surface area contributed by atoms with E-state index in [9.17, 15) is 36.4 Å². The SMILES string of the molecule is COC(=O)C(CC(=O)c1ccc(S(C)(=O)=O)cc1)(CC(=O)c1ccc(F)c(F)c1)C(=O)OC. The van der Waals surface area contributed by atoms with Crippen LogP contribution in [0.25, 0.3) is 0 Å². The molecule has 0 N–H and O–H groups in total. The number of Topliss-reactive ketones (excluding diaryl/α,β-unsaturated/α-hetero) is 2. The summed E-state index contributed by atoms with van der Waals surface area (Å²) in [7, 11) is -1.65. The van der Waals surface area contributed by atoms with E-state index in [1.807, 2.05) is 0 Å². The molecule has 0 atom stereocenters. The number of esters is 2. The Bertz CT molecular complexity index is 1190. The third-order valence-corrected chi connectivity index (χ3v) is 6.05. The van der Waals surface area contributed by atoms with Gasteiger partial charge < -0.3 is 9.47 Å². The number of ether oxygens (including phenoxy) is 2. The molecule has 0 heterocycles. The van der Waals surface area contributed by atoms with Gasteiger partial charge in [0.25, 0.3) is 0 Å². The Hall–Kier alpha value is -3.47. The number of hydrogen-bond acceptors (Lipinski definition) is 8. The quantitative estimate of drug-likeness (QED) is 0.304. The number of ketones is 2. The molecule has 0 saturated carbocycles. The topological polar surface area (TPSA) is 121 Å². The van der Waals surface area contributed by atoms with Crippen LogP contribution in [0.3, 0.4) is 0 Å². The molecule has 33 heavy (non-hydrogen) atoms. The molecular formula is C22H20F2O8S. The number of benzene rings is 2. The van der Waals surface area contributed by atoms with E-state index in [4.69, 9.17) is 0 Å². The summed E-state index contributed by atoms with van der Waals surface area (Å²) in [5, 5.41) is 0. The molecule has 8 nitrogen and oxygen atoms in total. The molecule has 2 aromatic carbocycles. The molecule has 0 fully saturated rings. The molecule has 0 saturated heterocycles. The number of rotatable bonds is 9. The molecule has 0 radical (unpaired) electrons. The smallest absolute Gasteiger partial charge is 0.324 e. The van der Waals surface area contributed by atoms with Crippen molar-refractivity contribution in [2.45, 2.75) is 17.7 Å². The first kappa shape index (κ1) is 25.8. The number of sulfone groups is 1. The van der Waals surface area contributed by atoms with Gasteiger partial charge in [-0.25, -0.2) is 17.2 Å². The van der Waals surface area contributed by atoms with Gasteiger partial charge in [-0.2, -0.15) is 0 Å². The minimum Gasteiger partial charge on any atom is -0.468 e. The fourth-order valence-corrected chi connectivity index (χ4v) is 3.77. The van der Waals surface area contributed by atoms with E-state index in [2.05, 4.69) is 9.47 Å². The minimum absolute atomic E-state index is 0.0418. The summed E-state index contributed by atoms with van der Waals surface area (Å²) in [6.07, 6.45) is -0.808. The molecule has 0 aliphatic rings. The van der Waals surface area contributed by atoms with Crippen LogP contribution in [0.5, 0.6) is 0 Å². The standard InChI is InChI=1S/C22H20F2O8S/c1-31-20(27)22(21(28)32-2,12-19(26)14-6-9-16(23)17(24)10-14)11-18(25)13-4-7-15(8-5-13)33(3,29)30/h4-10H,11-12H2,1-3H3. The van der Waals surface area contributed by atoms with Crippen LogP contribution in [-0.4, -0.2) is 52.4 Å². The Balaban J connectivity index is 2.47. The predicted octanol–water partition coefficient (Wildman–Crippen LogP) is 2.55. The van der Waals surface area contributed by atoms with E-state index < -0.39 is 63.2 Å². The summed E-state index contributed by atoms with van der Waals surface area (Å²) in [5.41, 5.74) is -2.80. The van der Waals surface area contributed by atoms with Crippen LogP contribution >= 0.6 is 0 Å². The molecule has 11 heteroatoms. The highest BCUT2D eigenvalue weighted by molar-refractivity contribution is 7.90. The van der Waals surface area contributed by atoms with Crippen LogP contribution in [0.1, 0.15) is 33.6 Å². The van der Waals surface area contributed by atoms with Crippen LogP contribution in [0, 0.1) is 17.0 Å². The lowest BCUT2D eigenvalue weighted by Gasteiger charge is -2.27. The Labute approximate surface area is 188 Å². The van der Waals surface area contributed by atoms with Gasteiger partial charge in [0, 0.05) is 30.2 Å². The van der Waals surface area contributed by atoms with Crippen molar-refractivity contribution >= 4 is 33.3 Å². The van der Waals surface area contributed by atoms with Crippen molar-refractivity contribution in [1.82, 2.24) is 0 Å². The van der Waals surface area contributed by atoms with Gasteiger partial charge in [-0.1, -0.05) is 12.1 Å². The van der Waals surface area contributed by atoms with Crippen LogP contribution in [0.2, 0.25) is 0 Å². The first-order valence-electron chi connectivity index (χ1n) is 9.34. The number of carbonyl (C=O) groups excluding carboxylic acids is 4. The Morgan fingerprint density at radius 2 is 1.24 bits per heavy atom. The maximum Gasteiger partial charge on any atom is 0.324 e. The van der Waals surface area contributed by atoms with E-state index >= 15 is 0 Å². The van der Waals surface area contributed by atoms with Gasteiger partial charge in [0.2, 0.25) is 0 Å². The third kappa shape index (κ3) is 5.67. The highest BCUT2D eigenvalue weighted by atomic mass is 32.2. The van der Waals surface area contributed by atoms with Crippen molar-refractivity contribution in [3.8, 4) is 0 Å².